The Bertz CT molecular complexity index is 795. The third-order valence-corrected chi connectivity index (χ3v) is 5.71. The van der Waals surface area contributed by atoms with Gasteiger partial charge in [-0.05, 0) is 39.8 Å². The molecule has 1 aliphatic heterocycles. The van der Waals surface area contributed by atoms with Gasteiger partial charge in [0.25, 0.3) is 0 Å². The average Bonchev–Trinajstić information content (AvgIpc) is 3.35. The van der Waals surface area contributed by atoms with Crippen molar-refractivity contribution in [3.8, 4) is 0 Å². The average molecular weight is 357 g/mol. The maximum atomic E-state index is 5.29. The fourth-order valence-corrected chi connectivity index (χ4v) is 4.15. The van der Waals surface area contributed by atoms with Crippen molar-refractivity contribution in [3.05, 3.63) is 51.8 Å². The molecule has 0 spiro atoms. The van der Waals surface area contributed by atoms with Gasteiger partial charge in [-0.15, -0.1) is 11.3 Å². The zero-order valence-electron chi connectivity index (χ0n) is 14.7. The zero-order chi connectivity index (χ0) is 17.2. The molecule has 1 aliphatic rings. The van der Waals surface area contributed by atoms with Gasteiger partial charge in [0.2, 0.25) is 0 Å². The number of aryl methyl sites for hydroxylation is 2. The highest BCUT2D eigenvalue weighted by Gasteiger charge is 2.25. The lowest BCUT2D eigenvalue weighted by Gasteiger charge is -2.31. The Labute approximate surface area is 151 Å². The number of piperidine rings is 1. The molecule has 3 aromatic rings. The summed E-state index contributed by atoms with van der Waals surface area (Å²) in [5.41, 5.74) is 5.25. The van der Waals surface area contributed by atoms with Gasteiger partial charge in [0, 0.05) is 35.8 Å². The molecule has 0 atom stereocenters. The van der Waals surface area contributed by atoms with Crippen LogP contribution in [0.1, 0.15) is 47.3 Å². The number of nitrogens with zero attached hydrogens (tertiary/aromatic N) is 5. The van der Waals surface area contributed by atoms with E-state index >= 15 is 0 Å². The molecule has 4 heterocycles. The number of hydrogen-bond donors (Lipinski definition) is 0. The molecule has 0 saturated carbocycles. The predicted octanol–water partition coefficient (Wildman–Crippen LogP) is 3.37. The molecule has 1 fully saturated rings. The third kappa shape index (κ3) is 3.52. The normalized spacial score (nSPS) is 16.6. The number of rotatable bonds is 5. The van der Waals surface area contributed by atoms with Gasteiger partial charge in [-0.1, -0.05) is 5.16 Å². The minimum atomic E-state index is 0.523. The van der Waals surface area contributed by atoms with Crippen LogP contribution in [-0.2, 0) is 13.1 Å². The van der Waals surface area contributed by atoms with E-state index in [9.17, 15) is 0 Å². The first-order valence-electron chi connectivity index (χ1n) is 8.73. The highest BCUT2D eigenvalue weighted by atomic mass is 32.1. The number of aromatic nitrogens is 4. The van der Waals surface area contributed by atoms with Crippen LogP contribution in [0.5, 0.6) is 0 Å². The quantitative estimate of drug-likeness (QED) is 0.701. The fraction of sp³-hybridized carbons (Fsp3) is 0.500. The van der Waals surface area contributed by atoms with Crippen molar-refractivity contribution in [2.45, 2.75) is 45.7 Å². The van der Waals surface area contributed by atoms with Crippen LogP contribution >= 0.6 is 11.3 Å². The first-order chi connectivity index (χ1) is 12.2. The standard InChI is InChI=1S/C18H23N5OS/c1-13-17(14(2)24-21-13)10-22-6-3-15(4-7-22)18-19-5-8-23(18)9-16-11-25-12-20-16/h5,8,11-12,15H,3-4,6-7,9-10H2,1-2H3. The second kappa shape index (κ2) is 7.09. The summed E-state index contributed by atoms with van der Waals surface area (Å²) in [6.45, 7) is 7.93. The molecule has 0 unspecified atom stereocenters. The first kappa shape index (κ1) is 16.5. The van der Waals surface area contributed by atoms with E-state index in [2.05, 4.69) is 36.2 Å². The van der Waals surface area contributed by atoms with Crippen molar-refractivity contribution in [1.29, 1.82) is 0 Å². The first-order valence-corrected chi connectivity index (χ1v) is 9.67. The van der Waals surface area contributed by atoms with Crippen LogP contribution in [0.3, 0.4) is 0 Å². The lowest BCUT2D eigenvalue weighted by Crippen LogP contribution is -2.33. The molecule has 0 aromatic carbocycles. The SMILES string of the molecule is Cc1noc(C)c1CN1CCC(c2nccn2Cc2cscn2)CC1. The molecule has 4 rings (SSSR count). The summed E-state index contributed by atoms with van der Waals surface area (Å²) in [6, 6.07) is 0. The number of imidazole rings is 1. The van der Waals surface area contributed by atoms with Crippen LogP contribution < -0.4 is 0 Å². The Morgan fingerprint density at radius 2 is 2.04 bits per heavy atom. The Morgan fingerprint density at radius 1 is 1.20 bits per heavy atom. The van der Waals surface area contributed by atoms with Gasteiger partial charge in [0.05, 0.1) is 23.4 Å². The summed E-state index contributed by atoms with van der Waals surface area (Å²) in [7, 11) is 0. The Morgan fingerprint density at radius 3 is 2.72 bits per heavy atom. The molecule has 1 saturated heterocycles. The molecule has 6 nitrogen and oxygen atoms in total. The summed E-state index contributed by atoms with van der Waals surface area (Å²) < 4.78 is 7.54. The van der Waals surface area contributed by atoms with Crippen molar-refractivity contribution < 1.29 is 4.52 Å². The van der Waals surface area contributed by atoms with Crippen LogP contribution in [0.25, 0.3) is 0 Å². The highest BCUT2D eigenvalue weighted by Crippen LogP contribution is 2.28. The van der Waals surface area contributed by atoms with Gasteiger partial charge in [0.15, 0.2) is 0 Å². The summed E-state index contributed by atoms with van der Waals surface area (Å²) >= 11 is 1.64. The van der Waals surface area contributed by atoms with E-state index in [1.165, 1.54) is 11.4 Å². The van der Waals surface area contributed by atoms with Crippen LogP contribution in [0, 0.1) is 13.8 Å². The molecule has 25 heavy (non-hydrogen) atoms. The molecule has 0 amide bonds. The lowest BCUT2D eigenvalue weighted by molar-refractivity contribution is 0.199. The second-order valence-electron chi connectivity index (χ2n) is 6.75. The molecule has 132 valence electrons. The molecule has 0 N–H and O–H groups in total. The molecule has 0 radical (unpaired) electrons. The maximum absolute atomic E-state index is 5.29. The molecule has 7 heteroatoms. The van der Waals surface area contributed by atoms with Crippen molar-refractivity contribution in [3.63, 3.8) is 0 Å². The topological polar surface area (TPSA) is 60.0 Å². The van der Waals surface area contributed by atoms with Crippen molar-refractivity contribution >= 4 is 11.3 Å². The smallest absolute Gasteiger partial charge is 0.138 e. The van der Waals surface area contributed by atoms with E-state index in [0.29, 0.717) is 5.92 Å². The largest absolute Gasteiger partial charge is 0.361 e. The van der Waals surface area contributed by atoms with Gasteiger partial charge < -0.3 is 9.09 Å². The van der Waals surface area contributed by atoms with E-state index in [1.807, 2.05) is 25.6 Å². The summed E-state index contributed by atoms with van der Waals surface area (Å²) in [5.74, 6) is 2.66. The van der Waals surface area contributed by atoms with Crippen LogP contribution in [-0.4, -0.2) is 37.7 Å². The van der Waals surface area contributed by atoms with Crippen molar-refractivity contribution in [2.75, 3.05) is 13.1 Å². The van der Waals surface area contributed by atoms with E-state index in [0.717, 1.165) is 56.2 Å². The Kier molecular flexibility index (Phi) is 4.67. The molecular weight excluding hydrogens is 334 g/mol. The molecule has 0 aliphatic carbocycles. The van der Waals surface area contributed by atoms with E-state index in [1.54, 1.807) is 11.3 Å². The third-order valence-electron chi connectivity index (χ3n) is 5.08. The number of thiazole rings is 1. The monoisotopic (exact) mass is 357 g/mol. The number of hydrogen-bond acceptors (Lipinski definition) is 6. The van der Waals surface area contributed by atoms with Gasteiger partial charge in [0.1, 0.15) is 11.6 Å². The van der Waals surface area contributed by atoms with Gasteiger partial charge >= 0.3 is 0 Å². The van der Waals surface area contributed by atoms with Gasteiger partial charge in [-0.25, -0.2) is 9.97 Å². The van der Waals surface area contributed by atoms with Gasteiger partial charge in [-0.2, -0.15) is 0 Å². The Balaban J connectivity index is 1.38. The summed E-state index contributed by atoms with van der Waals surface area (Å²) in [4.78, 5) is 11.5. The van der Waals surface area contributed by atoms with E-state index in [-0.39, 0.29) is 0 Å². The van der Waals surface area contributed by atoms with Crippen molar-refractivity contribution in [1.82, 2.24) is 24.6 Å². The van der Waals surface area contributed by atoms with E-state index < -0.39 is 0 Å². The Hall–Kier alpha value is -1.99. The molecule has 3 aromatic heterocycles. The van der Waals surface area contributed by atoms with Gasteiger partial charge in [-0.3, -0.25) is 4.90 Å². The minimum absolute atomic E-state index is 0.523. The lowest BCUT2D eigenvalue weighted by atomic mass is 9.95. The summed E-state index contributed by atoms with van der Waals surface area (Å²) in [6.07, 6.45) is 6.26. The molecule has 0 bridgehead atoms. The highest BCUT2D eigenvalue weighted by molar-refractivity contribution is 7.07. The van der Waals surface area contributed by atoms with Crippen LogP contribution in [0.4, 0.5) is 0 Å². The summed E-state index contributed by atoms with van der Waals surface area (Å²) in [5, 5.41) is 6.17. The fourth-order valence-electron chi connectivity index (χ4n) is 3.60. The van der Waals surface area contributed by atoms with Crippen LogP contribution in [0.15, 0.2) is 27.8 Å². The van der Waals surface area contributed by atoms with Crippen molar-refractivity contribution in [2.24, 2.45) is 0 Å². The van der Waals surface area contributed by atoms with E-state index in [4.69, 9.17) is 4.52 Å². The minimum Gasteiger partial charge on any atom is -0.361 e. The second-order valence-corrected chi connectivity index (χ2v) is 7.46. The predicted molar refractivity (Wildman–Crippen MR) is 96.7 cm³/mol. The van der Waals surface area contributed by atoms with Crippen LogP contribution in [0.2, 0.25) is 0 Å². The zero-order valence-corrected chi connectivity index (χ0v) is 15.5. The number of likely N-dealkylation sites (tertiary alicyclic amines) is 1. The molecular formula is C18H23N5OS. The maximum Gasteiger partial charge on any atom is 0.138 e.